The highest BCUT2D eigenvalue weighted by Crippen LogP contribution is 2.25. The molecule has 0 spiro atoms. The smallest absolute Gasteiger partial charge is 0.322 e. The van der Waals surface area contributed by atoms with Gasteiger partial charge in [0.1, 0.15) is 6.04 Å². The Morgan fingerprint density at radius 1 is 1.38 bits per heavy atom. The molecule has 0 bridgehead atoms. The molecule has 0 aliphatic carbocycles. The van der Waals surface area contributed by atoms with E-state index >= 15 is 0 Å². The van der Waals surface area contributed by atoms with E-state index in [2.05, 4.69) is 17.4 Å². The monoisotopic (exact) mass is 241 g/mol. The van der Waals surface area contributed by atoms with Gasteiger partial charge < -0.3 is 10.1 Å². The summed E-state index contributed by atoms with van der Waals surface area (Å²) in [4.78, 5) is 11.3. The summed E-state index contributed by atoms with van der Waals surface area (Å²) < 4.78 is 4.72. The highest BCUT2D eigenvalue weighted by atomic mass is 35.5. The number of esters is 1. The van der Waals surface area contributed by atoms with Crippen molar-refractivity contribution >= 4 is 18.4 Å². The zero-order valence-electron chi connectivity index (χ0n) is 9.18. The Labute approximate surface area is 102 Å². The molecule has 0 amide bonds. The Hall–Kier alpha value is -1.06. The largest absolute Gasteiger partial charge is 0.468 e. The fourth-order valence-electron chi connectivity index (χ4n) is 2.04. The molecule has 1 aromatic rings. The zero-order valence-corrected chi connectivity index (χ0v) is 10.00. The molecule has 1 heterocycles. The zero-order chi connectivity index (χ0) is 10.7. The Balaban J connectivity index is 0.00000128. The third-order valence-corrected chi connectivity index (χ3v) is 2.89. The van der Waals surface area contributed by atoms with Gasteiger partial charge in [0.2, 0.25) is 0 Å². The van der Waals surface area contributed by atoms with Crippen LogP contribution in [0.4, 0.5) is 0 Å². The van der Waals surface area contributed by atoms with Crippen molar-refractivity contribution in [3.8, 4) is 0 Å². The van der Waals surface area contributed by atoms with Crippen molar-refractivity contribution in [3.63, 3.8) is 0 Å². The van der Waals surface area contributed by atoms with Crippen molar-refractivity contribution in [3.05, 3.63) is 35.9 Å². The number of halogens is 1. The van der Waals surface area contributed by atoms with Crippen molar-refractivity contribution in [2.24, 2.45) is 0 Å². The van der Waals surface area contributed by atoms with Crippen LogP contribution in [0.15, 0.2) is 30.3 Å². The number of carbonyl (C=O) groups is 1. The lowest BCUT2D eigenvalue weighted by molar-refractivity contribution is -0.142. The number of ether oxygens (including phenoxy) is 1. The van der Waals surface area contributed by atoms with Gasteiger partial charge in [0.25, 0.3) is 0 Å². The van der Waals surface area contributed by atoms with Gasteiger partial charge in [-0.3, -0.25) is 4.79 Å². The molecule has 0 saturated carbocycles. The Bertz CT molecular complexity index is 342. The van der Waals surface area contributed by atoms with Gasteiger partial charge in [0, 0.05) is 6.54 Å². The Morgan fingerprint density at radius 3 is 2.69 bits per heavy atom. The molecule has 1 fully saturated rings. The van der Waals surface area contributed by atoms with E-state index < -0.39 is 0 Å². The quantitative estimate of drug-likeness (QED) is 0.802. The van der Waals surface area contributed by atoms with Crippen LogP contribution in [0.5, 0.6) is 0 Å². The molecule has 2 rings (SSSR count). The molecular formula is C12H16ClNO2. The lowest BCUT2D eigenvalue weighted by Gasteiger charge is -2.08. The predicted octanol–water partition coefficient (Wildman–Crippen LogP) is 1.73. The number of carbonyl (C=O) groups excluding carboxylic acids is 1. The average Bonchev–Trinajstić information content (AvgIpc) is 2.78. The second-order valence-electron chi connectivity index (χ2n) is 3.83. The van der Waals surface area contributed by atoms with Crippen LogP contribution in [0.1, 0.15) is 17.9 Å². The normalized spacial score (nSPS) is 23.6. The molecule has 1 saturated heterocycles. The maximum absolute atomic E-state index is 11.3. The number of benzene rings is 1. The number of hydrogen-bond donors (Lipinski definition) is 1. The first-order valence-electron chi connectivity index (χ1n) is 5.17. The Kier molecular flexibility index (Phi) is 4.77. The van der Waals surface area contributed by atoms with E-state index in [1.807, 2.05) is 18.2 Å². The summed E-state index contributed by atoms with van der Waals surface area (Å²) in [6.07, 6.45) is 0.830. The highest BCUT2D eigenvalue weighted by Gasteiger charge is 2.30. The van der Waals surface area contributed by atoms with Gasteiger partial charge in [-0.1, -0.05) is 30.3 Å². The molecule has 3 nitrogen and oxygen atoms in total. The van der Waals surface area contributed by atoms with Gasteiger partial charge >= 0.3 is 5.97 Å². The molecule has 88 valence electrons. The minimum Gasteiger partial charge on any atom is -0.468 e. The van der Waals surface area contributed by atoms with Crippen LogP contribution in [0.3, 0.4) is 0 Å². The van der Waals surface area contributed by atoms with Gasteiger partial charge in [-0.15, -0.1) is 12.4 Å². The van der Waals surface area contributed by atoms with Crippen LogP contribution in [-0.2, 0) is 9.53 Å². The number of rotatable bonds is 2. The first-order valence-corrected chi connectivity index (χ1v) is 5.17. The van der Waals surface area contributed by atoms with E-state index in [4.69, 9.17) is 4.74 Å². The molecule has 4 heteroatoms. The molecule has 1 aliphatic heterocycles. The Morgan fingerprint density at radius 2 is 2.06 bits per heavy atom. The molecule has 16 heavy (non-hydrogen) atoms. The average molecular weight is 242 g/mol. The molecule has 1 aromatic carbocycles. The third kappa shape index (κ3) is 2.74. The summed E-state index contributed by atoms with van der Waals surface area (Å²) in [5, 5.41) is 3.18. The van der Waals surface area contributed by atoms with Crippen molar-refractivity contribution in [1.29, 1.82) is 0 Å². The van der Waals surface area contributed by atoms with E-state index in [0.717, 1.165) is 13.0 Å². The van der Waals surface area contributed by atoms with Crippen LogP contribution < -0.4 is 5.32 Å². The third-order valence-electron chi connectivity index (χ3n) is 2.89. The van der Waals surface area contributed by atoms with Gasteiger partial charge in [-0.25, -0.2) is 0 Å². The van der Waals surface area contributed by atoms with E-state index in [-0.39, 0.29) is 24.4 Å². The molecule has 0 radical (unpaired) electrons. The van der Waals surface area contributed by atoms with Crippen molar-refractivity contribution in [2.45, 2.75) is 18.4 Å². The molecular weight excluding hydrogens is 226 g/mol. The minimum atomic E-state index is -0.159. The highest BCUT2D eigenvalue weighted by molar-refractivity contribution is 5.85. The predicted molar refractivity (Wildman–Crippen MR) is 64.9 cm³/mol. The van der Waals surface area contributed by atoms with Crippen LogP contribution in [0.25, 0.3) is 0 Å². The number of methoxy groups -OCH3 is 1. The number of nitrogens with one attached hydrogen (secondary N) is 1. The van der Waals surface area contributed by atoms with E-state index in [9.17, 15) is 4.79 Å². The topological polar surface area (TPSA) is 38.3 Å². The van der Waals surface area contributed by atoms with Crippen molar-refractivity contribution in [1.82, 2.24) is 5.32 Å². The van der Waals surface area contributed by atoms with E-state index in [0.29, 0.717) is 5.92 Å². The second kappa shape index (κ2) is 5.87. The van der Waals surface area contributed by atoms with Crippen molar-refractivity contribution in [2.75, 3.05) is 13.7 Å². The summed E-state index contributed by atoms with van der Waals surface area (Å²) in [7, 11) is 1.43. The summed E-state index contributed by atoms with van der Waals surface area (Å²) in [6, 6.07) is 10.1. The van der Waals surface area contributed by atoms with E-state index in [1.165, 1.54) is 12.7 Å². The summed E-state index contributed by atoms with van der Waals surface area (Å²) >= 11 is 0. The maximum Gasteiger partial charge on any atom is 0.322 e. The van der Waals surface area contributed by atoms with Gasteiger partial charge in [0.15, 0.2) is 0 Å². The van der Waals surface area contributed by atoms with E-state index in [1.54, 1.807) is 0 Å². The summed E-state index contributed by atoms with van der Waals surface area (Å²) in [5.74, 6) is 0.267. The summed E-state index contributed by atoms with van der Waals surface area (Å²) in [6.45, 7) is 0.851. The first-order chi connectivity index (χ1) is 7.31. The summed E-state index contributed by atoms with van der Waals surface area (Å²) in [5.41, 5.74) is 1.29. The SMILES string of the molecule is COC(=O)[C@@H]1CC(c2ccccc2)CN1.Cl. The maximum atomic E-state index is 11.3. The number of hydrogen-bond acceptors (Lipinski definition) is 3. The van der Waals surface area contributed by atoms with Crippen LogP contribution >= 0.6 is 12.4 Å². The van der Waals surface area contributed by atoms with Gasteiger partial charge in [0.05, 0.1) is 7.11 Å². The lowest BCUT2D eigenvalue weighted by Crippen LogP contribution is -2.31. The fourth-order valence-corrected chi connectivity index (χ4v) is 2.04. The lowest BCUT2D eigenvalue weighted by atomic mass is 9.96. The molecule has 2 atom stereocenters. The molecule has 1 aliphatic rings. The van der Waals surface area contributed by atoms with Gasteiger partial charge in [-0.05, 0) is 17.9 Å². The first kappa shape index (κ1) is 13.0. The van der Waals surface area contributed by atoms with Crippen LogP contribution in [-0.4, -0.2) is 25.7 Å². The minimum absolute atomic E-state index is 0. The molecule has 0 aromatic heterocycles. The van der Waals surface area contributed by atoms with Crippen molar-refractivity contribution < 1.29 is 9.53 Å². The standard InChI is InChI=1S/C12H15NO2.ClH/c1-15-12(14)11-7-10(8-13-11)9-5-3-2-4-6-9;/h2-6,10-11,13H,7-8H2,1H3;1H/t10?,11-;/m0./s1. The van der Waals surface area contributed by atoms with Crippen LogP contribution in [0.2, 0.25) is 0 Å². The van der Waals surface area contributed by atoms with Crippen LogP contribution in [0, 0.1) is 0 Å². The molecule has 1 unspecified atom stereocenters. The van der Waals surface area contributed by atoms with Gasteiger partial charge in [-0.2, -0.15) is 0 Å². The second-order valence-corrected chi connectivity index (χ2v) is 3.83. The molecule has 1 N–H and O–H groups in total. The fraction of sp³-hybridized carbons (Fsp3) is 0.417.